The second-order valence-corrected chi connectivity index (χ2v) is 8.69. The molecule has 0 atom stereocenters. The average Bonchev–Trinajstić information content (AvgIpc) is 1.92. The fourth-order valence-corrected chi connectivity index (χ4v) is 2.66. The van der Waals surface area contributed by atoms with Gasteiger partial charge in [-0.25, -0.2) is 0 Å². The number of rotatable bonds is 6. The fourth-order valence-electron chi connectivity index (χ4n) is 0.387. The summed E-state index contributed by atoms with van der Waals surface area (Å²) in [5.41, 5.74) is 0. The first-order valence-corrected chi connectivity index (χ1v) is 8.98. The van der Waals surface area contributed by atoms with Gasteiger partial charge in [-0.1, -0.05) is 12.2 Å². The normalized spacial score (nSPS) is 12.7. The third-order valence-electron chi connectivity index (χ3n) is 0.793. The van der Waals surface area contributed by atoms with Crippen LogP contribution in [0.2, 0.25) is 0 Å². The molecule has 0 aliphatic rings. The van der Waals surface area contributed by atoms with Crippen LogP contribution in [-0.4, -0.2) is 67.0 Å². The van der Waals surface area contributed by atoms with Gasteiger partial charge in [0.1, 0.15) is 0 Å². The van der Waals surface area contributed by atoms with Crippen LogP contribution in [-0.2, 0) is 18.3 Å². The summed E-state index contributed by atoms with van der Waals surface area (Å²) < 4.78 is 57.2. The molecule has 85 valence electrons. The van der Waals surface area contributed by atoms with Crippen LogP contribution in [0.25, 0.3) is 0 Å². The predicted molar refractivity (Wildman–Crippen MR) is 62.9 cm³/mol. The minimum atomic E-state index is -4.05. The van der Waals surface area contributed by atoms with E-state index in [0.717, 1.165) is 0 Å². The van der Waals surface area contributed by atoms with Gasteiger partial charge in [0.25, 0.3) is 0 Å². The first-order chi connectivity index (χ1) is 6.21. The zero-order chi connectivity index (χ0) is 11.2. The predicted octanol–water partition coefficient (Wildman–Crippen LogP) is 0.234. The van der Waals surface area contributed by atoms with Gasteiger partial charge in [0, 0.05) is 62.7 Å². The van der Waals surface area contributed by atoms with Crippen molar-refractivity contribution >= 4 is 69.4 Å². The number of hydrogen-bond donors (Lipinski definition) is 2. The second kappa shape index (κ2) is 8.37. The zero-order valence-electron chi connectivity index (χ0n) is 7.73. The maximum atomic E-state index is 10.2. The molecule has 0 fully saturated rings. The van der Waals surface area contributed by atoms with Crippen LogP contribution in [0.3, 0.4) is 0 Å². The summed E-state index contributed by atoms with van der Waals surface area (Å²) >= 11 is 0. The molecular weight excluding hydrogens is 295 g/mol. The molecule has 0 aromatic heterocycles. The Balaban J connectivity index is 0. The summed E-state index contributed by atoms with van der Waals surface area (Å²) in [7, 11) is -7.47. The van der Waals surface area contributed by atoms with Crippen molar-refractivity contribution in [3.8, 4) is 0 Å². The molecule has 0 amide bonds. The molecule has 11 heteroatoms. The fraction of sp³-hybridized carbons (Fsp3) is 0.500. The van der Waals surface area contributed by atoms with E-state index in [2.05, 4.69) is 0 Å². The van der Waals surface area contributed by atoms with Crippen molar-refractivity contribution in [3.05, 3.63) is 12.2 Å². The average molecular weight is 303 g/mol. The molecule has 1 radical (unpaired) electrons. The Morgan fingerprint density at radius 2 is 1.13 bits per heavy atom. The van der Waals surface area contributed by atoms with E-state index in [0.29, 0.717) is 21.6 Å². The van der Waals surface area contributed by atoms with Gasteiger partial charge >= 0.3 is 18.3 Å². The van der Waals surface area contributed by atoms with E-state index in [1.807, 2.05) is 0 Å². The monoisotopic (exact) mass is 303 g/mol. The van der Waals surface area contributed by atoms with Crippen LogP contribution in [0.15, 0.2) is 12.2 Å². The van der Waals surface area contributed by atoms with Crippen LogP contribution in [0, 0.1) is 0 Å². The van der Waals surface area contributed by atoms with Crippen LogP contribution in [0.4, 0.5) is 0 Å². The van der Waals surface area contributed by atoms with Crippen LogP contribution < -0.4 is 0 Å². The van der Waals surface area contributed by atoms with Crippen LogP contribution >= 0.6 is 21.6 Å². The van der Waals surface area contributed by atoms with Crippen molar-refractivity contribution in [1.29, 1.82) is 0 Å². The van der Waals surface area contributed by atoms with Gasteiger partial charge in [0.2, 0.25) is 0 Å². The van der Waals surface area contributed by atoms with Gasteiger partial charge in [0.15, 0.2) is 0 Å². The number of hydrogen-bond acceptors (Lipinski definition) is 6. The summed E-state index contributed by atoms with van der Waals surface area (Å²) in [6.45, 7) is 0. The standard InChI is InChI=1S/C4H8O6S4.Na/c5-13(6,7)11-3-1-2-4-12-14(8,9)10;/h1-2H,3-4H2,(H,5,6,7)(H,8,9,10);/b2-1-;. The van der Waals surface area contributed by atoms with Crippen molar-refractivity contribution < 1.29 is 25.9 Å². The van der Waals surface area contributed by atoms with E-state index >= 15 is 0 Å². The second-order valence-electron chi connectivity index (χ2n) is 1.90. The minimum Gasteiger partial charge on any atom is -0.277 e. The van der Waals surface area contributed by atoms with Crippen molar-refractivity contribution in [1.82, 2.24) is 0 Å². The molecule has 0 aromatic carbocycles. The summed E-state index contributed by atoms with van der Waals surface area (Å²) in [6.07, 6.45) is 2.74. The molecule has 2 N–H and O–H groups in total. The summed E-state index contributed by atoms with van der Waals surface area (Å²) in [6, 6.07) is 0. The van der Waals surface area contributed by atoms with E-state index < -0.39 is 18.3 Å². The van der Waals surface area contributed by atoms with E-state index in [1.165, 1.54) is 12.2 Å². The maximum Gasteiger partial charge on any atom is 0.320 e. The molecule has 0 aliphatic heterocycles. The van der Waals surface area contributed by atoms with Gasteiger partial charge in [-0.05, 0) is 0 Å². The van der Waals surface area contributed by atoms with Crippen molar-refractivity contribution in [2.24, 2.45) is 0 Å². The van der Waals surface area contributed by atoms with Gasteiger partial charge in [-0.15, -0.1) is 0 Å². The first kappa shape index (κ1) is 18.6. The molecule has 0 saturated carbocycles. The quantitative estimate of drug-likeness (QED) is 0.311. The van der Waals surface area contributed by atoms with Gasteiger partial charge < -0.3 is 0 Å². The van der Waals surface area contributed by atoms with Gasteiger partial charge in [-0.2, -0.15) is 16.8 Å². The summed E-state index contributed by atoms with van der Waals surface area (Å²) in [5, 5.41) is 0. The van der Waals surface area contributed by atoms with E-state index in [9.17, 15) is 16.8 Å². The van der Waals surface area contributed by atoms with Crippen molar-refractivity contribution in [2.75, 3.05) is 11.5 Å². The SMILES string of the molecule is O=S(=O)(O)SC/C=C\CSS(=O)(=O)O.[Na]. The summed E-state index contributed by atoms with van der Waals surface area (Å²) in [5.74, 6) is 0.0374. The first-order valence-electron chi connectivity index (χ1n) is 3.09. The topological polar surface area (TPSA) is 109 Å². The third-order valence-corrected chi connectivity index (χ3v) is 4.65. The molecule has 15 heavy (non-hydrogen) atoms. The summed E-state index contributed by atoms with van der Waals surface area (Å²) in [4.78, 5) is 0. The Labute approximate surface area is 118 Å². The van der Waals surface area contributed by atoms with Crippen molar-refractivity contribution in [3.63, 3.8) is 0 Å². The Hall–Kier alpha value is 1.26. The molecule has 0 heterocycles. The molecule has 0 unspecified atom stereocenters. The van der Waals surface area contributed by atoms with E-state index in [1.54, 1.807) is 0 Å². The molecule has 0 aromatic rings. The third kappa shape index (κ3) is 17.9. The Morgan fingerprint density at radius 3 is 1.33 bits per heavy atom. The molecule has 0 spiro atoms. The van der Waals surface area contributed by atoms with Crippen LogP contribution in [0.5, 0.6) is 0 Å². The largest absolute Gasteiger partial charge is 0.320 e. The van der Waals surface area contributed by atoms with E-state index in [-0.39, 0.29) is 41.1 Å². The maximum absolute atomic E-state index is 10.2. The minimum absolute atomic E-state index is 0. The van der Waals surface area contributed by atoms with Gasteiger partial charge in [0.05, 0.1) is 0 Å². The molecule has 0 aliphatic carbocycles. The molecule has 0 bridgehead atoms. The zero-order valence-corrected chi connectivity index (χ0v) is 13.0. The molecular formula is C4H8NaO6S4. The Bertz CT molecular complexity index is 345. The van der Waals surface area contributed by atoms with E-state index in [4.69, 9.17) is 9.11 Å². The Kier molecular flexibility index (Phi) is 10.4. The van der Waals surface area contributed by atoms with Crippen molar-refractivity contribution in [2.45, 2.75) is 0 Å². The molecule has 0 saturated heterocycles. The van der Waals surface area contributed by atoms with Gasteiger partial charge in [-0.3, -0.25) is 9.11 Å². The van der Waals surface area contributed by atoms with Crippen LogP contribution in [0.1, 0.15) is 0 Å². The Morgan fingerprint density at radius 1 is 0.867 bits per heavy atom. The molecule has 0 rings (SSSR count). The smallest absolute Gasteiger partial charge is 0.277 e. The molecule has 6 nitrogen and oxygen atoms in total.